The number of ether oxygens (including phenoxy) is 1. The van der Waals surface area contributed by atoms with Crippen LogP contribution < -0.4 is 4.90 Å². The summed E-state index contributed by atoms with van der Waals surface area (Å²) in [5.74, 6) is 0.535. The zero-order chi connectivity index (χ0) is 11.3. The van der Waals surface area contributed by atoms with Crippen LogP contribution in [0.4, 0.5) is 5.82 Å². The van der Waals surface area contributed by atoms with Gasteiger partial charge in [-0.1, -0.05) is 11.6 Å². The van der Waals surface area contributed by atoms with Crippen LogP contribution in [0.3, 0.4) is 0 Å². The highest BCUT2D eigenvalue weighted by Crippen LogP contribution is 2.20. The molecule has 0 aliphatic heterocycles. The molecule has 0 aliphatic carbocycles. The largest absolute Gasteiger partial charge is 0.385 e. The molecule has 1 rings (SSSR count). The molecule has 0 saturated carbocycles. The highest BCUT2D eigenvalue weighted by Gasteiger charge is 2.10. The second-order valence-corrected chi connectivity index (χ2v) is 3.66. The predicted molar refractivity (Wildman–Crippen MR) is 59.6 cm³/mol. The van der Waals surface area contributed by atoms with E-state index in [9.17, 15) is 0 Å². The lowest BCUT2D eigenvalue weighted by atomic mass is 10.4. The number of rotatable bonds is 5. The molecule has 0 radical (unpaired) electrons. The van der Waals surface area contributed by atoms with Gasteiger partial charge in [0.05, 0.1) is 0 Å². The molecule has 0 fully saturated rings. The van der Waals surface area contributed by atoms with E-state index in [1.807, 2.05) is 11.9 Å². The fourth-order valence-electron chi connectivity index (χ4n) is 1.08. The van der Waals surface area contributed by atoms with Gasteiger partial charge < -0.3 is 9.64 Å². The lowest BCUT2D eigenvalue weighted by Crippen LogP contribution is -2.21. The van der Waals surface area contributed by atoms with E-state index < -0.39 is 0 Å². The molecule has 1 heterocycles. The summed E-state index contributed by atoms with van der Waals surface area (Å²) < 4.78 is 4.95. The highest BCUT2D eigenvalue weighted by atomic mass is 35.5. The molecule has 0 aliphatic rings. The van der Waals surface area contributed by atoms with Gasteiger partial charge in [-0.2, -0.15) is 4.98 Å². The van der Waals surface area contributed by atoms with Gasteiger partial charge in [-0.15, -0.1) is 10.2 Å². The Morgan fingerprint density at radius 1 is 1.33 bits per heavy atom. The molecule has 0 spiro atoms. The Labute approximate surface area is 98.4 Å². The van der Waals surface area contributed by atoms with Gasteiger partial charge in [-0.05, 0) is 18.0 Å². The van der Waals surface area contributed by atoms with Crippen molar-refractivity contribution in [1.29, 1.82) is 0 Å². The number of aromatic nitrogens is 3. The van der Waals surface area contributed by atoms with Gasteiger partial charge in [0.25, 0.3) is 0 Å². The number of halogens is 2. The molecule has 1 aromatic heterocycles. The normalized spacial score (nSPS) is 10.4. The van der Waals surface area contributed by atoms with Crippen molar-refractivity contribution in [2.75, 3.05) is 32.2 Å². The first-order chi connectivity index (χ1) is 7.15. The summed E-state index contributed by atoms with van der Waals surface area (Å²) in [5.41, 5.74) is 0. The van der Waals surface area contributed by atoms with Gasteiger partial charge in [0.2, 0.25) is 5.28 Å². The molecule has 7 heteroatoms. The zero-order valence-electron chi connectivity index (χ0n) is 8.57. The van der Waals surface area contributed by atoms with Crippen LogP contribution >= 0.6 is 23.2 Å². The molecule has 0 saturated heterocycles. The summed E-state index contributed by atoms with van der Waals surface area (Å²) in [6, 6.07) is 0. The summed E-state index contributed by atoms with van der Waals surface area (Å²) in [6.07, 6.45) is 0.880. The SMILES string of the molecule is COCCCN(C)c1nc(Cl)nnc1Cl. The molecule has 0 unspecified atom stereocenters. The predicted octanol–water partition coefficient (Wildman–Crippen LogP) is 1.65. The second kappa shape index (κ2) is 6.05. The average Bonchev–Trinajstić information content (AvgIpc) is 2.22. The monoisotopic (exact) mass is 250 g/mol. The third kappa shape index (κ3) is 3.77. The summed E-state index contributed by atoms with van der Waals surface area (Å²) >= 11 is 11.5. The lowest BCUT2D eigenvalue weighted by Gasteiger charge is -2.17. The van der Waals surface area contributed by atoms with Crippen LogP contribution in [0, 0.1) is 0 Å². The van der Waals surface area contributed by atoms with Gasteiger partial charge in [-0.3, -0.25) is 0 Å². The van der Waals surface area contributed by atoms with Crippen LogP contribution in [-0.2, 0) is 4.74 Å². The zero-order valence-corrected chi connectivity index (χ0v) is 10.1. The van der Waals surface area contributed by atoms with E-state index in [1.165, 1.54) is 0 Å². The second-order valence-electron chi connectivity index (χ2n) is 2.96. The Kier molecular flexibility index (Phi) is 5.01. The molecule has 0 bridgehead atoms. The number of methoxy groups -OCH3 is 1. The molecular formula is C8H12Cl2N4O. The Morgan fingerprint density at radius 3 is 2.73 bits per heavy atom. The van der Waals surface area contributed by atoms with Crippen LogP contribution in [0.1, 0.15) is 6.42 Å². The van der Waals surface area contributed by atoms with Crippen molar-refractivity contribution in [1.82, 2.24) is 15.2 Å². The van der Waals surface area contributed by atoms with Crippen LogP contribution in [0.2, 0.25) is 10.4 Å². The molecule has 0 atom stereocenters. The van der Waals surface area contributed by atoms with E-state index in [0.717, 1.165) is 13.0 Å². The van der Waals surface area contributed by atoms with Gasteiger partial charge in [-0.25, -0.2) is 0 Å². The summed E-state index contributed by atoms with van der Waals surface area (Å²) in [4.78, 5) is 5.86. The summed E-state index contributed by atoms with van der Waals surface area (Å²) in [7, 11) is 3.53. The Balaban J connectivity index is 2.64. The third-order valence-electron chi connectivity index (χ3n) is 1.81. The highest BCUT2D eigenvalue weighted by molar-refractivity contribution is 6.32. The standard InChI is InChI=1S/C8H12Cl2N4O/c1-14(4-3-5-15-2)7-6(9)12-13-8(10)11-7/h3-5H2,1-2H3. The maximum absolute atomic E-state index is 5.84. The molecule has 5 nitrogen and oxygen atoms in total. The summed E-state index contributed by atoms with van der Waals surface area (Å²) in [5, 5.41) is 7.56. The fourth-order valence-corrected chi connectivity index (χ4v) is 1.42. The molecule has 15 heavy (non-hydrogen) atoms. The molecule has 1 aromatic rings. The lowest BCUT2D eigenvalue weighted by molar-refractivity contribution is 0.196. The Hall–Kier alpha value is -0.650. The van der Waals surface area contributed by atoms with Crippen LogP contribution in [0.15, 0.2) is 0 Å². The van der Waals surface area contributed by atoms with E-state index >= 15 is 0 Å². The average molecular weight is 251 g/mol. The van der Waals surface area contributed by atoms with E-state index in [1.54, 1.807) is 7.11 Å². The van der Waals surface area contributed by atoms with E-state index in [4.69, 9.17) is 27.9 Å². The quantitative estimate of drug-likeness (QED) is 0.745. The fraction of sp³-hybridized carbons (Fsp3) is 0.625. The minimum absolute atomic E-state index is 0.0907. The molecule has 0 aromatic carbocycles. The van der Waals surface area contributed by atoms with Crippen LogP contribution in [0.5, 0.6) is 0 Å². The van der Waals surface area contributed by atoms with Crippen LogP contribution in [-0.4, -0.2) is 42.5 Å². The minimum Gasteiger partial charge on any atom is -0.385 e. The minimum atomic E-state index is 0.0907. The van der Waals surface area contributed by atoms with Crippen molar-refractivity contribution in [2.45, 2.75) is 6.42 Å². The van der Waals surface area contributed by atoms with Crippen molar-refractivity contribution < 1.29 is 4.74 Å². The first kappa shape index (κ1) is 12.4. The third-order valence-corrected chi connectivity index (χ3v) is 2.21. The van der Waals surface area contributed by atoms with Crippen molar-refractivity contribution >= 4 is 29.0 Å². The maximum Gasteiger partial charge on any atom is 0.245 e. The van der Waals surface area contributed by atoms with E-state index in [-0.39, 0.29) is 10.4 Å². The number of hydrogen-bond donors (Lipinski definition) is 0. The molecule has 0 amide bonds. The Morgan fingerprint density at radius 2 is 2.07 bits per heavy atom. The smallest absolute Gasteiger partial charge is 0.245 e. The van der Waals surface area contributed by atoms with Crippen molar-refractivity contribution in [2.24, 2.45) is 0 Å². The maximum atomic E-state index is 5.84. The van der Waals surface area contributed by atoms with Gasteiger partial charge >= 0.3 is 0 Å². The van der Waals surface area contributed by atoms with Crippen molar-refractivity contribution in [3.05, 3.63) is 10.4 Å². The van der Waals surface area contributed by atoms with Crippen molar-refractivity contribution in [3.63, 3.8) is 0 Å². The number of anilines is 1. The summed E-state index contributed by atoms with van der Waals surface area (Å²) in [6.45, 7) is 1.46. The molecule has 0 N–H and O–H groups in total. The molecule has 84 valence electrons. The van der Waals surface area contributed by atoms with Crippen molar-refractivity contribution in [3.8, 4) is 0 Å². The van der Waals surface area contributed by atoms with E-state index in [0.29, 0.717) is 12.4 Å². The number of nitrogens with zero attached hydrogens (tertiary/aromatic N) is 4. The topological polar surface area (TPSA) is 51.1 Å². The van der Waals surface area contributed by atoms with Gasteiger partial charge in [0.1, 0.15) is 0 Å². The van der Waals surface area contributed by atoms with Gasteiger partial charge in [0, 0.05) is 27.3 Å². The first-order valence-electron chi connectivity index (χ1n) is 4.41. The molecular weight excluding hydrogens is 239 g/mol. The Bertz CT molecular complexity index is 324. The van der Waals surface area contributed by atoms with E-state index in [2.05, 4.69) is 15.2 Å². The van der Waals surface area contributed by atoms with Crippen LogP contribution in [0.25, 0.3) is 0 Å². The van der Waals surface area contributed by atoms with Gasteiger partial charge in [0.15, 0.2) is 11.0 Å². The number of hydrogen-bond acceptors (Lipinski definition) is 5. The first-order valence-corrected chi connectivity index (χ1v) is 5.16.